The normalized spacial score (nSPS) is 12.5. The van der Waals surface area contributed by atoms with Gasteiger partial charge < -0.3 is 20.3 Å². The van der Waals surface area contributed by atoms with Crippen molar-refractivity contribution in [2.45, 2.75) is 12.6 Å². The zero-order chi connectivity index (χ0) is 12.0. The quantitative estimate of drug-likeness (QED) is 0.694. The van der Waals surface area contributed by atoms with Gasteiger partial charge in [-0.3, -0.25) is 0 Å². The van der Waals surface area contributed by atoms with Crippen LogP contribution in [0.5, 0.6) is 5.75 Å². The summed E-state index contributed by atoms with van der Waals surface area (Å²) in [5, 5.41) is 21.4. The van der Waals surface area contributed by atoms with Crippen LogP contribution >= 0.6 is 11.6 Å². The summed E-state index contributed by atoms with van der Waals surface area (Å²) in [5.74, 6) is 0.707. The van der Waals surface area contributed by atoms with E-state index in [2.05, 4.69) is 5.32 Å². The van der Waals surface area contributed by atoms with Gasteiger partial charge in [0.1, 0.15) is 5.75 Å². The van der Waals surface area contributed by atoms with Gasteiger partial charge in [-0.2, -0.15) is 0 Å². The Bertz CT molecular complexity index is 333. The average molecular weight is 246 g/mol. The Labute approximate surface area is 99.8 Å². The zero-order valence-electron chi connectivity index (χ0n) is 9.11. The molecule has 0 aromatic heterocycles. The number of rotatable bonds is 6. The van der Waals surface area contributed by atoms with Crippen LogP contribution in [0.3, 0.4) is 0 Å². The SMILES string of the molecule is COc1cccc(Cl)c1CNC[C@H](O)CO. The molecule has 4 nitrogen and oxygen atoms in total. The Morgan fingerprint density at radius 2 is 2.25 bits per heavy atom. The maximum absolute atomic E-state index is 9.15. The molecule has 1 atom stereocenters. The van der Waals surface area contributed by atoms with Crippen molar-refractivity contribution in [1.29, 1.82) is 0 Å². The minimum absolute atomic E-state index is 0.257. The van der Waals surface area contributed by atoms with Gasteiger partial charge in [-0.15, -0.1) is 0 Å². The fraction of sp³-hybridized carbons (Fsp3) is 0.455. The minimum Gasteiger partial charge on any atom is -0.496 e. The Hall–Kier alpha value is -0.810. The van der Waals surface area contributed by atoms with Crippen molar-refractivity contribution in [3.05, 3.63) is 28.8 Å². The third-order valence-electron chi connectivity index (χ3n) is 2.19. The summed E-state index contributed by atoms with van der Waals surface area (Å²) in [5.41, 5.74) is 0.844. The van der Waals surface area contributed by atoms with Gasteiger partial charge in [0, 0.05) is 23.7 Å². The molecule has 5 heteroatoms. The Morgan fingerprint density at radius 3 is 2.88 bits per heavy atom. The van der Waals surface area contributed by atoms with Crippen LogP contribution in [0.1, 0.15) is 5.56 Å². The van der Waals surface area contributed by atoms with E-state index in [1.807, 2.05) is 12.1 Å². The van der Waals surface area contributed by atoms with Gasteiger partial charge in [-0.05, 0) is 12.1 Å². The van der Waals surface area contributed by atoms with E-state index in [1.54, 1.807) is 13.2 Å². The second kappa shape index (κ2) is 6.70. The summed E-state index contributed by atoms with van der Waals surface area (Å²) < 4.78 is 5.17. The fourth-order valence-corrected chi connectivity index (χ4v) is 1.56. The molecule has 0 radical (unpaired) electrons. The number of halogens is 1. The highest BCUT2D eigenvalue weighted by molar-refractivity contribution is 6.31. The molecule has 16 heavy (non-hydrogen) atoms. The second-order valence-corrected chi connectivity index (χ2v) is 3.80. The molecule has 3 N–H and O–H groups in total. The number of ether oxygens (including phenoxy) is 1. The summed E-state index contributed by atoms with van der Waals surface area (Å²) in [4.78, 5) is 0. The van der Waals surface area contributed by atoms with Crippen molar-refractivity contribution in [3.63, 3.8) is 0 Å². The van der Waals surface area contributed by atoms with Crippen LogP contribution in [-0.4, -0.2) is 36.6 Å². The molecule has 1 rings (SSSR count). The van der Waals surface area contributed by atoms with Gasteiger partial charge in [0.2, 0.25) is 0 Å². The molecule has 90 valence electrons. The first-order valence-corrected chi connectivity index (χ1v) is 5.37. The van der Waals surface area contributed by atoms with Crippen molar-refractivity contribution >= 4 is 11.6 Å². The first kappa shape index (κ1) is 13.3. The number of methoxy groups -OCH3 is 1. The molecular formula is C11H16ClNO3. The second-order valence-electron chi connectivity index (χ2n) is 3.39. The predicted molar refractivity (Wildman–Crippen MR) is 62.8 cm³/mol. The van der Waals surface area contributed by atoms with Gasteiger partial charge in [0.25, 0.3) is 0 Å². The molecule has 0 spiro atoms. The summed E-state index contributed by atoms with van der Waals surface area (Å²) in [6.45, 7) is 0.539. The number of hydrogen-bond acceptors (Lipinski definition) is 4. The molecular weight excluding hydrogens is 230 g/mol. The lowest BCUT2D eigenvalue weighted by molar-refractivity contribution is 0.0942. The topological polar surface area (TPSA) is 61.7 Å². The Balaban J connectivity index is 2.59. The van der Waals surface area contributed by atoms with Crippen LogP contribution in [0.25, 0.3) is 0 Å². The van der Waals surface area contributed by atoms with Crippen molar-refractivity contribution in [1.82, 2.24) is 5.32 Å². The molecule has 0 fully saturated rings. The number of benzene rings is 1. The van der Waals surface area contributed by atoms with Gasteiger partial charge in [-0.25, -0.2) is 0 Å². The fourth-order valence-electron chi connectivity index (χ4n) is 1.33. The van der Waals surface area contributed by atoms with E-state index in [0.29, 0.717) is 23.9 Å². The molecule has 0 saturated carbocycles. The highest BCUT2D eigenvalue weighted by atomic mass is 35.5. The third-order valence-corrected chi connectivity index (χ3v) is 2.54. The standard InChI is InChI=1S/C11H16ClNO3/c1-16-11-4-2-3-10(12)9(11)6-13-5-8(15)7-14/h2-4,8,13-15H,5-7H2,1H3/t8-/m0/s1. The van der Waals surface area contributed by atoms with E-state index >= 15 is 0 Å². The van der Waals surface area contributed by atoms with Crippen LogP contribution in [0.4, 0.5) is 0 Å². The smallest absolute Gasteiger partial charge is 0.124 e. The largest absolute Gasteiger partial charge is 0.496 e. The molecule has 1 aromatic rings. The van der Waals surface area contributed by atoms with Crippen molar-refractivity contribution in [2.75, 3.05) is 20.3 Å². The number of hydrogen-bond donors (Lipinski definition) is 3. The lowest BCUT2D eigenvalue weighted by atomic mass is 10.2. The molecule has 0 unspecified atom stereocenters. The molecule has 0 bridgehead atoms. The van der Waals surface area contributed by atoms with Crippen molar-refractivity contribution < 1.29 is 14.9 Å². The summed E-state index contributed by atoms with van der Waals surface area (Å²) in [6.07, 6.45) is -0.756. The van der Waals surface area contributed by atoms with E-state index in [0.717, 1.165) is 5.56 Å². The zero-order valence-corrected chi connectivity index (χ0v) is 9.87. The average Bonchev–Trinajstić information content (AvgIpc) is 2.30. The molecule has 0 saturated heterocycles. The van der Waals surface area contributed by atoms with Crippen LogP contribution in [0.15, 0.2) is 18.2 Å². The predicted octanol–water partition coefficient (Wildman–Crippen LogP) is 0.791. The molecule has 0 heterocycles. The van der Waals surface area contributed by atoms with Gasteiger partial charge in [0.15, 0.2) is 0 Å². The Kier molecular flexibility index (Phi) is 5.55. The van der Waals surface area contributed by atoms with Crippen LogP contribution in [0, 0.1) is 0 Å². The molecule has 0 aliphatic carbocycles. The number of aliphatic hydroxyl groups is 2. The number of nitrogens with one attached hydrogen (secondary N) is 1. The van der Waals surface area contributed by atoms with E-state index in [4.69, 9.17) is 26.6 Å². The van der Waals surface area contributed by atoms with E-state index in [1.165, 1.54) is 0 Å². The van der Waals surface area contributed by atoms with Gasteiger partial charge in [0.05, 0.1) is 19.8 Å². The van der Waals surface area contributed by atoms with E-state index in [9.17, 15) is 0 Å². The first-order valence-electron chi connectivity index (χ1n) is 5.00. The van der Waals surface area contributed by atoms with Crippen LogP contribution < -0.4 is 10.1 Å². The Morgan fingerprint density at radius 1 is 1.50 bits per heavy atom. The maximum atomic E-state index is 9.15. The molecule has 0 amide bonds. The molecule has 0 aliphatic heterocycles. The highest BCUT2D eigenvalue weighted by Crippen LogP contribution is 2.25. The monoisotopic (exact) mass is 245 g/mol. The van der Waals surface area contributed by atoms with E-state index in [-0.39, 0.29) is 6.61 Å². The number of aliphatic hydroxyl groups excluding tert-OH is 2. The van der Waals surface area contributed by atoms with Gasteiger partial charge >= 0.3 is 0 Å². The van der Waals surface area contributed by atoms with E-state index < -0.39 is 6.10 Å². The lowest BCUT2D eigenvalue weighted by Crippen LogP contribution is -2.29. The summed E-state index contributed by atoms with van der Waals surface area (Å²) in [7, 11) is 1.58. The first-order chi connectivity index (χ1) is 7.69. The third kappa shape index (κ3) is 3.64. The lowest BCUT2D eigenvalue weighted by Gasteiger charge is -2.12. The van der Waals surface area contributed by atoms with Crippen LogP contribution in [0.2, 0.25) is 5.02 Å². The highest BCUT2D eigenvalue weighted by Gasteiger charge is 2.08. The van der Waals surface area contributed by atoms with Crippen molar-refractivity contribution in [3.8, 4) is 5.75 Å². The minimum atomic E-state index is -0.756. The van der Waals surface area contributed by atoms with Crippen LogP contribution in [-0.2, 0) is 6.54 Å². The van der Waals surface area contributed by atoms with Crippen molar-refractivity contribution in [2.24, 2.45) is 0 Å². The maximum Gasteiger partial charge on any atom is 0.124 e. The molecule has 1 aromatic carbocycles. The summed E-state index contributed by atoms with van der Waals surface area (Å²) >= 11 is 6.03. The summed E-state index contributed by atoms with van der Waals surface area (Å²) in [6, 6.07) is 5.42. The van der Waals surface area contributed by atoms with Gasteiger partial charge in [-0.1, -0.05) is 17.7 Å². The molecule has 0 aliphatic rings.